The summed E-state index contributed by atoms with van der Waals surface area (Å²) in [6, 6.07) is 28.2. The Labute approximate surface area is 286 Å². The van der Waals surface area contributed by atoms with Crippen molar-refractivity contribution in [2.75, 3.05) is 0 Å². The molecule has 1 N–H and O–H groups in total. The maximum atomic E-state index is 11.8. The van der Waals surface area contributed by atoms with E-state index in [4.69, 9.17) is 9.97 Å². The Bertz CT molecular complexity index is 2170. The van der Waals surface area contributed by atoms with Crippen molar-refractivity contribution in [1.82, 2.24) is 14.5 Å². The van der Waals surface area contributed by atoms with Gasteiger partial charge in [0.15, 0.2) is 0 Å². The van der Waals surface area contributed by atoms with E-state index in [1.54, 1.807) is 0 Å². The molecule has 48 heavy (non-hydrogen) atoms. The van der Waals surface area contributed by atoms with Crippen molar-refractivity contribution in [1.29, 1.82) is 0 Å². The number of phenols is 1. The largest absolute Gasteiger partial charge is 0.507 e. The predicted molar refractivity (Wildman–Crippen MR) is 204 cm³/mol. The molecule has 6 rings (SSSR count). The van der Waals surface area contributed by atoms with Crippen molar-refractivity contribution < 1.29 is 5.11 Å². The third kappa shape index (κ3) is 6.14. The van der Waals surface area contributed by atoms with Gasteiger partial charge in [-0.15, -0.1) is 0 Å². The van der Waals surface area contributed by atoms with Crippen LogP contribution in [0.15, 0.2) is 85.1 Å². The summed E-state index contributed by atoms with van der Waals surface area (Å²) in [7, 11) is 0. The molecule has 4 heteroatoms. The quantitative estimate of drug-likeness (QED) is 0.210. The first kappa shape index (κ1) is 33.5. The number of hydrogen-bond donors (Lipinski definition) is 1. The molecule has 6 aromatic rings. The fourth-order valence-electron chi connectivity index (χ4n) is 6.46. The monoisotopic (exact) mass is 637 g/mol. The Morgan fingerprint density at radius 3 is 1.85 bits per heavy atom. The van der Waals surface area contributed by atoms with Gasteiger partial charge in [0.1, 0.15) is 11.4 Å². The first-order valence-electron chi connectivity index (χ1n) is 17.1. The molecule has 0 amide bonds. The molecule has 0 radical (unpaired) electrons. The molecule has 3 heterocycles. The molecule has 3 aromatic carbocycles. The summed E-state index contributed by atoms with van der Waals surface area (Å²) in [6.07, 6.45) is 1.93. The molecule has 0 aliphatic rings. The van der Waals surface area contributed by atoms with E-state index in [2.05, 4.69) is 167 Å². The summed E-state index contributed by atoms with van der Waals surface area (Å²) in [5.74, 6) is 0.298. The van der Waals surface area contributed by atoms with Crippen molar-refractivity contribution in [2.24, 2.45) is 0 Å². The summed E-state index contributed by atoms with van der Waals surface area (Å²) < 4.78 is 2.29. The first-order chi connectivity index (χ1) is 22.2. The summed E-state index contributed by atoms with van der Waals surface area (Å²) >= 11 is 0. The molecule has 0 aliphatic carbocycles. The van der Waals surface area contributed by atoms with E-state index in [0.29, 0.717) is 5.75 Å². The molecule has 0 unspecified atom stereocenters. The van der Waals surface area contributed by atoms with E-state index in [-0.39, 0.29) is 21.7 Å². The van der Waals surface area contributed by atoms with E-state index < -0.39 is 0 Å². The Balaban J connectivity index is 1.66. The lowest BCUT2D eigenvalue weighted by Gasteiger charge is -2.27. The van der Waals surface area contributed by atoms with E-state index >= 15 is 0 Å². The second kappa shape index (κ2) is 11.3. The minimum Gasteiger partial charge on any atom is -0.507 e. The molecule has 0 aliphatic heterocycles. The number of phenolic OH excluding ortho intramolecular Hbond substituents is 1. The summed E-state index contributed by atoms with van der Waals surface area (Å²) in [6.45, 7) is 26.6. The van der Waals surface area contributed by atoms with Crippen LogP contribution in [-0.2, 0) is 21.7 Å². The van der Waals surface area contributed by atoms with Gasteiger partial charge in [-0.2, -0.15) is 0 Å². The summed E-state index contributed by atoms with van der Waals surface area (Å²) in [4.78, 5) is 10.3. The zero-order valence-electron chi connectivity index (χ0n) is 30.9. The van der Waals surface area contributed by atoms with Crippen molar-refractivity contribution in [3.8, 4) is 34.0 Å². The summed E-state index contributed by atoms with van der Waals surface area (Å²) in [5.41, 5.74) is 10.7. The SMILES string of the molecule is CC(C)(C)c1cc(-c2cc(C(C)(C)C)ccn2)cc(-n2c3ccccc3c3ccc(-c4cc(C(C)(C)C)cc(C(C)(C)C)c4O)nc32)c1. The van der Waals surface area contributed by atoms with Crippen LogP contribution in [0.25, 0.3) is 50.1 Å². The number of aromatic hydroxyl groups is 1. The third-order valence-corrected chi connectivity index (χ3v) is 9.55. The van der Waals surface area contributed by atoms with E-state index in [9.17, 15) is 5.11 Å². The molecule has 0 bridgehead atoms. The van der Waals surface area contributed by atoms with Crippen LogP contribution in [0, 0.1) is 0 Å². The average Bonchev–Trinajstić information content (AvgIpc) is 3.32. The highest BCUT2D eigenvalue weighted by Crippen LogP contribution is 2.43. The topological polar surface area (TPSA) is 50.9 Å². The van der Waals surface area contributed by atoms with Gasteiger partial charge in [0.05, 0.1) is 16.9 Å². The lowest BCUT2D eigenvalue weighted by atomic mass is 9.78. The molecule has 3 aromatic heterocycles. The van der Waals surface area contributed by atoms with E-state index in [1.165, 1.54) is 16.7 Å². The Hall–Kier alpha value is -4.44. The molecule has 248 valence electrons. The van der Waals surface area contributed by atoms with Crippen LogP contribution in [0.5, 0.6) is 5.75 Å². The number of hydrogen-bond acceptors (Lipinski definition) is 3. The molecule has 0 saturated heterocycles. The molecule has 0 spiro atoms. The second-order valence-corrected chi connectivity index (χ2v) is 17.5. The van der Waals surface area contributed by atoms with Crippen molar-refractivity contribution in [3.05, 3.63) is 107 Å². The van der Waals surface area contributed by atoms with E-state index in [1.807, 2.05) is 6.20 Å². The van der Waals surface area contributed by atoms with Crippen LogP contribution < -0.4 is 0 Å². The third-order valence-electron chi connectivity index (χ3n) is 9.55. The van der Waals surface area contributed by atoms with E-state index in [0.717, 1.165) is 55.7 Å². The average molecular weight is 638 g/mol. The van der Waals surface area contributed by atoms with Gasteiger partial charge in [0.25, 0.3) is 0 Å². The highest BCUT2D eigenvalue weighted by Gasteiger charge is 2.27. The number of para-hydroxylation sites is 1. The number of rotatable bonds is 3. The molecular weight excluding hydrogens is 587 g/mol. The Morgan fingerprint density at radius 1 is 0.562 bits per heavy atom. The minimum atomic E-state index is -0.235. The van der Waals surface area contributed by atoms with Crippen LogP contribution >= 0.6 is 0 Å². The number of nitrogens with zero attached hydrogens (tertiary/aromatic N) is 3. The van der Waals surface area contributed by atoms with Crippen molar-refractivity contribution in [3.63, 3.8) is 0 Å². The number of pyridine rings is 2. The maximum absolute atomic E-state index is 11.8. The zero-order valence-corrected chi connectivity index (χ0v) is 30.9. The van der Waals surface area contributed by atoms with Gasteiger partial charge in [0, 0.05) is 39.3 Å². The number of benzene rings is 3. The second-order valence-electron chi connectivity index (χ2n) is 17.5. The fourth-order valence-corrected chi connectivity index (χ4v) is 6.46. The van der Waals surface area contributed by atoms with Crippen molar-refractivity contribution >= 4 is 21.9 Å². The van der Waals surface area contributed by atoms with Gasteiger partial charge in [-0.05, 0) is 92.9 Å². The van der Waals surface area contributed by atoms with Crippen LogP contribution in [0.4, 0.5) is 0 Å². The minimum absolute atomic E-state index is 0.0119. The van der Waals surface area contributed by atoms with Crippen LogP contribution in [0.1, 0.15) is 105 Å². The maximum Gasteiger partial charge on any atom is 0.146 e. The predicted octanol–water partition coefficient (Wildman–Crippen LogP) is 11.8. The standard InChI is InChI=1S/C44H51N3O/c1-41(2,3)28-19-20-45-37(26-28)27-21-29(42(4,5)6)23-31(22-27)47-38-16-14-13-15-32(38)33-17-18-36(46-40(33)47)34-24-30(43(7,8)9)25-35(39(34)48)44(10,11)12/h13-26,48H,1-12H3. The molecule has 0 fully saturated rings. The summed E-state index contributed by atoms with van der Waals surface area (Å²) in [5, 5.41) is 14.0. The molecule has 0 atom stereocenters. The lowest BCUT2D eigenvalue weighted by molar-refractivity contribution is 0.446. The zero-order chi connectivity index (χ0) is 35.0. The van der Waals surface area contributed by atoms with Crippen LogP contribution in [0.3, 0.4) is 0 Å². The van der Waals surface area contributed by atoms with Crippen LogP contribution in [-0.4, -0.2) is 19.6 Å². The smallest absolute Gasteiger partial charge is 0.146 e. The molecule has 0 saturated carbocycles. The van der Waals surface area contributed by atoms with Gasteiger partial charge >= 0.3 is 0 Å². The highest BCUT2D eigenvalue weighted by molar-refractivity contribution is 6.08. The van der Waals surface area contributed by atoms with Gasteiger partial charge in [-0.3, -0.25) is 9.55 Å². The van der Waals surface area contributed by atoms with Crippen molar-refractivity contribution in [2.45, 2.75) is 105 Å². The lowest BCUT2D eigenvalue weighted by Crippen LogP contribution is -2.17. The fraction of sp³-hybridized carbons (Fsp3) is 0.364. The van der Waals surface area contributed by atoms with Gasteiger partial charge in [-0.1, -0.05) is 107 Å². The van der Waals surface area contributed by atoms with Gasteiger partial charge < -0.3 is 5.11 Å². The number of aromatic nitrogens is 3. The normalized spacial score (nSPS) is 13.1. The Kier molecular flexibility index (Phi) is 7.90. The highest BCUT2D eigenvalue weighted by atomic mass is 16.3. The Morgan fingerprint density at radius 2 is 1.21 bits per heavy atom. The van der Waals surface area contributed by atoms with Crippen LogP contribution in [0.2, 0.25) is 0 Å². The molecule has 4 nitrogen and oxygen atoms in total. The van der Waals surface area contributed by atoms with Gasteiger partial charge in [-0.25, -0.2) is 4.98 Å². The molecular formula is C44H51N3O. The first-order valence-corrected chi connectivity index (χ1v) is 17.1. The number of fused-ring (bicyclic) bond motifs is 3. The van der Waals surface area contributed by atoms with Gasteiger partial charge in [0.2, 0.25) is 0 Å².